The summed E-state index contributed by atoms with van der Waals surface area (Å²) in [7, 11) is 1.49. The van der Waals surface area contributed by atoms with Gasteiger partial charge in [0.1, 0.15) is 12.4 Å². The average molecular weight is 352 g/mol. The predicted octanol–water partition coefficient (Wildman–Crippen LogP) is 0.257. The first-order chi connectivity index (χ1) is 12.1. The lowest BCUT2D eigenvalue weighted by molar-refractivity contribution is -0.136. The molecule has 0 radical (unpaired) electrons. The Morgan fingerprint density at radius 1 is 1.32 bits per heavy atom. The van der Waals surface area contributed by atoms with Gasteiger partial charge in [-0.25, -0.2) is 4.39 Å². The number of carbonyl (C=O) groups excluding carboxylic acids is 1. The maximum Gasteiger partial charge on any atom is 0.249 e. The van der Waals surface area contributed by atoms with Crippen molar-refractivity contribution in [3.63, 3.8) is 0 Å². The third-order valence-corrected chi connectivity index (χ3v) is 5.41. The summed E-state index contributed by atoms with van der Waals surface area (Å²) in [4.78, 5) is 16.3. The van der Waals surface area contributed by atoms with E-state index >= 15 is 0 Å². The number of aliphatic hydroxyl groups is 2. The number of aliphatic hydroxyl groups excluding tert-OH is 2. The number of hydrogen-bond acceptors (Lipinski definition) is 5. The van der Waals surface area contributed by atoms with Crippen molar-refractivity contribution in [1.82, 2.24) is 9.80 Å². The normalized spacial score (nSPS) is 26.4. The van der Waals surface area contributed by atoms with Crippen LogP contribution in [0.15, 0.2) is 24.3 Å². The van der Waals surface area contributed by atoms with Crippen molar-refractivity contribution < 1.29 is 24.1 Å². The molecule has 0 bridgehead atoms. The minimum absolute atomic E-state index is 0.00484. The van der Waals surface area contributed by atoms with Gasteiger partial charge in [-0.2, -0.15) is 0 Å². The first-order valence-corrected chi connectivity index (χ1v) is 8.58. The quantitative estimate of drug-likeness (QED) is 0.768. The van der Waals surface area contributed by atoms with Crippen LogP contribution in [0.2, 0.25) is 0 Å². The number of ether oxygens (including phenoxy) is 1. The molecule has 2 fully saturated rings. The number of halogens is 1. The lowest BCUT2D eigenvalue weighted by atomic mass is 9.89. The van der Waals surface area contributed by atoms with Gasteiger partial charge in [0.2, 0.25) is 5.91 Å². The molecule has 1 amide bonds. The van der Waals surface area contributed by atoms with Crippen molar-refractivity contribution in [3.05, 3.63) is 35.6 Å². The van der Waals surface area contributed by atoms with Crippen LogP contribution in [0.1, 0.15) is 11.6 Å². The van der Waals surface area contributed by atoms with Crippen molar-refractivity contribution in [3.8, 4) is 0 Å². The molecular weight excluding hydrogens is 327 g/mol. The molecule has 7 heteroatoms. The van der Waals surface area contributed by atoms with Gasteiger partial charge >= 0.3 is 0 Å². The lowest BCUT2D eigenvalue weighted by Crippen LogP contribution is -2.42. The van der Waals surface area contributed by atoms with Crippen LogP contribution in [-0.2, 0) is 9.53 Å². The summed E-state index contributed by atoms with van der Waals surface area (Å²) >= 11 is 0. The number of nitrogens with zero attached hydrogens (tertiary/aromatic N) is 2. The SMILES string of the molecule is COCC(=O)N1C[C@H]2CN(C(CO)CO)C[C@H]2[C@@H]1c1cccc(F)c1. The number of rotatable bonds is 6. The van der Waals surface area contributed by atoms with Crippen LogP contribution in [0.5, 0.6) is 0 Å². The minimum Gasteiger partial charge on any atom is -0.395 e. The van der Waals surface area contributed by atoms with Crippen molar-refractivity contribution in [2.75, 3.05) is 46.6 Å². The van der Waals surface area contributed by atoms with E-state index in [1.807, 2.05) is 6.07 Å². The van der Waals surface area contributed by atoms with Gasteiger partial charge in [0.15, 0.2) is 0 Å². The molecule has 0 aromatic heterocycles. The molecule has 2 aliphatic rings. The van der Waals surface area contributed by atoms with Crippen LogP contribution in [0.4, 0.5) is 4.39 Å². The maximum absolute atomic E-state index is 13.8. The highest BCUT2D eigenvalue weighted by molar-refractivity contribution is 5.78. The summed E-state index contributed by atoms with van der Waals surface area (Å²) in [5.74, 6) is -0.0463. The summed E-state index contributed by atoms with van der Waals surface area (Å²) in [5.41, 5.74) is 0.781. The van der Waals surface area contributed by atoms with E-state index in [4.69, 9.17) is 4.74 Å². The van der Waals surface area contributed by atoms with E-state index in [0.29, 0.717) is 19.6 Å². The van der Waals surface area contributed by atoms with Gasteiger partial charge in [0, 0.05) is 32.7 Å². The van der Waals surface area contributed by atoms with Crippen molar-refractivity contribution in [1.29, 1.82) is 0 Å². The van der Waals surface area contributed by atoms with Gasteiger partial charge in [0.25, 0.3) is 0 Å². The smallest absolute Gasteiger partial charge is 0.249 e. The second kappa shape index (κ2) is 7.78. The second-order valence-electron chi connectivity index (χ2n) is 6.88. The van der Waals surface area contributed by atoms with Gasteiger partial charge in [-0.1, -0.05) is 12.1 Å². The van der Waals surface area contributed by atoms with Crippen LogP contribution in [-0.4, -0.2) is 78.5 Å². The molecule has 2 saturated heterocycles. The fourth-order valence-corrected chi connectivity index (χ4v) is 4.25. The zero-order chi connectivity index (χ0) is 18.0. The summed E-state index contributed by atoms with van der Waals surface area (Å²) in [6.07, 6.45) is 0. The highest BCUT2D eigenvalue weighted by Crippen LogP contribution is 2.45. The van der Waals surface area contributed by atoms with Crippen LogP contribution in [0.3, 0.4) is 0 Å². The molecular formula is C18H25FN2O4. The third kappa shape index (κ3) is 3.55. The first kappa shape index (κ1) is 18.3. The van der Waals surface area contributed by atoms with Gasteiger partial charge < -0.3 is 19.8 Å². The van der Waals surface area contributed by atoms with Crippen LogP contribution >= 0.6 is 0 Å². The monoisotopic (exact) mass is 352 g/mol. The Morgan fingerprint density at radius 2 is 2.08 bits per heavy atom. The van der Waals surface area contributed by atoms with E-state index in [2.05, 4.69) is 4.90 Å². The molecule has 1 aromatic rings. The highest BCUT2D eigenvalue weighted by atomic mass is 19.1. The molecule has 2 heterocycles. The number of likely N-dealkylation sites (tertiary alicyclic amines) is 2. The molecule has 1 aromatic carbocycles. The van der Waals surface area contributed by atoms with Gasteiger partial charge in [-0.05, 0) is 23.6 Å². The Hall–Kier alpha value is -1.54. The molecule has 0 saturated carbocycles. The minimum atomic E-state index is -0.321. The van der Waals surface area contributed by atoms with Gasteiger partial charge in [-0.15, -0.1) is 0 Å². The van der Waals surface area contributed by atoms with Crippen molar-refractivity contribution in [2.45, 2.75) is 12.1 Å². The Morgan fingerprint density at radius 3 is 2.72 bits per heavy atom. The molecule has 3 rings (SSSR count). The molecule has 25 heavy (non-hydrogen) atoms. The number of amides is 1. The number of hydrogen-bond donors (Lipinski definition) is 2. The predicted molar refractivity (Wildman–Crippen MR) is 89.2 cm³/mol. The van der Waals surface area contributed by atoms with E-state index in [1.54, 1.807) is 11.0 Å². The van der Waals surface area contributed by atoms with E-state index in [0.717, 1.165) is 5.56 Å². The topological polar surface area (TPSA) is 73.2 Å². The zero-order valence-corrected chi connectivity index (χ0v) is 14.3. The molecule has 0 spiro atoms. The lowest BCUT2D eigenvalue weighted by Gasteiger charge is -2.31. The molecule has 6 nitrogen and oxygen atoms in total. The molecule has 2 N–H and O–H groups in total. The molecule has 2 aliphatic heterocycles. The summed E-state index contributed by atoms with van der Waals surface area (Å²) < 4.78 is 18.7. The highest BCUT2D eigenvalue weighted by Gasteiger charge is 2.49. The molecule has 0 unspecified atom stereocenters. The number of fused-ring (bicyclic) bond motifs is 1. The van der Waals surface area contributed by atoms with Crippen LogP contribution in [0.25, 0.3) is 0 Å². The van der Waals surface area contributed by atoms with Crippen LogP contribution in [0, 0.1) is 17.7 Å². The Bertz CT molecular complexity index is 610. The van der Waals surface area contributed by atoms with Gasteiger partial charge in [-0.3, -0.25) is 9.69 Å². The van der Waals surface area contributed by atoms with E-state index in [9.17, 15) is 19.4 Å². The number of carbonyl (C=O) groups is 1. The largest absolute Gasteiger partial charge is 0.395 e. The Labute approximate surface area is 146 Å². The summed E-state index contributed by atoms with van der Waals surface area (Å²) in [5, 5.41) is 18.9. The number of benzene rings is 1. The summed E-state index contributed by atoms with van der Waals surface area (Å²) in [6, 6.07) is 5.88. The standard InChI is InChI=1S/C18H25FN2O4/c1-25-11-17(24)21-7-13-6-20(15(9-22)10-23)8-16(13)18(21)12-3-2-4-14(19)5-12/h2-5,13,15-16,18,22-23H,6-11H2,1H3/t13-,16-,18+/m1/s1. The van der Waals surface area contributed by atoms with E-state index < -0.39 is 0 Å². The molecule has 138 valence electrons. The van der Waals surface area contributed by atoms with Gasteiger partial charge in [0.05, 0.1) is 25.3 Å². The molecule has 0 aliphatic carbocycles. The number of methoxy groups -OCH3 is 1. The summed E-state index contributed by atoms with van der Waals surface area (Å²) in [6.45, 7) is 1.74. The van der Waals surface area contributed by atoms with Crippen molar-refractivity contribution in [2.24, 2.45) is 11.8 Å². The zero-order valence-electron chi connectivity index (χ0n) is 14.3. The van der Waals surface area contributed by atoms with Crippen LogP contribution < -0.4 is 0 Å². The van der Waals surface area contributed by atoms with E-state index in [-0.39, 0.29) is 55.5 Å². The second-order valence-corrected chi connectivity index (χ2v) is 6.88. The maximum atomic E-state index is 13.8. The average Bonchev–Trinajstić information content (AvgIpc) is 3.14. The fourth-order valence-electron chi connectivity index (χ4n) is 4.25. The third-order valence-electron chi connectivity index (χ3n) is 5.41. The van der Waals surface area contributed by atoms with E-state index in [1.165, 1.54) is 19.2 Å². The fraction of sp³-hybridized carbons (Fsp3) is 0.611. The molecule has 3 atom stereocenters. The Balaban J connectivity index is 1.87. The first-order valence-electron chi connectivity index (χ1n) is 8.58. The Kier molecular flexibility index (Phi) is 5.68. The van der Waals surface area contributed by atoms with Crippen molar-refractivity contribution >= 4 is 5.91 Å².